The SMILES string of the molecule is CC(C)CN(CC(C)C)C(=O)CN1CCN(C(=O)N2CCOCC2)CC1. The topological polar surface area (TPSA) is 56.3 Å². The zero-order valence-electron chi connectivity index (χ0n) is 16.9. The van der Waals surface area contributed by atoms with Crippen LogP contribution in [0.5, 0.6) is 0 Å². The fraction of sp³-hybridized carbons (Fsp3) is 0.895. The molecule has 0 aromatic rings. The Morgan fingerprint density at radius 3 is 1.85 bits per heavy atom. The lowest BCUT2D eigenvalue weighted by atomic mass is 10.1. The maximum Gasteiger partial charge on any atom is 0.320 e. The predicted octanol–water partition coefficient (Wildman–Crippen LogP) is 1.20. The van der Waals surface area contributed by atoms with Crippen molar-refractivity contribution in [2.45, 2.75) is 27.7 Å². The molecule has 0 spiro atoms. The van der Waals surface area contributed by atoms with Crippen LogP contribution in [0.2, 0.25) is 0 Å². The molecular formula is C19H36N4O3. The van der Waals surface area contributed by atoms with E-state index >= 15 is 0 Å². The summed E-state index contributed by atoms with van der Waals surface area (Å²) in [6.45, 7) is 16.2. The van der Waals surface area contributed by atoms with E-state index in [1.54, 1.807) is 0 Å². The minimum Gasteiger partial charge on any atom is -0.378 e. The van der Waals surface area contributed by atoms with E-state index in [2.05, 4.69) is 32.6 Å². The van der Waals surface area contributed by atoms with Crippen molar-refractivity contribution in [3.05, 3.63) is 0 Å². The molecule has 3 amide bonds. The van der Waals surface area contributed by atoms with Crippen LogP contribution < -0.4 is 0 Å². The van der Waals surface area contributed by atoms with Crippen LogP contribution in [-0.2, 0) is 9.53 Å². The molecule has 0 aromatic heterocycles. The quantitative estimate of drug-likeness (QED) is 0.707. The molecule has 150 valence electrons. The van der Waals surface area contributed by atoms with Gasteiger partial charge in [-0.3, -0.25) is 9.69 Å². The number of piperazine rings is 1. The molecule has 0 saturated carbocycles. The van der Waals surface area contributed by atoms with Gasteiger partial charge in [0, 0.05) is 52.4 Å². The summed E-state index contributed by atoms with van der Waals surface area (Å²) in [7, 11) is 0. The van der Waals surface area contributed by atoms with Crippen LogP contribution in [0, 0.1) is 11.8 Å². The highest BCUT2D eigenvalue weighted by molar-refractivity contribution is 5.78. The molecule has 2 aliphatic heterocycles. The van der Waals surface area contributed by atoms with Gasteiger partial charge in [-0.05, 0) is 11.8 Å². The van der Waals surface area contributed by atoms with E-state index in [0.29, 0.717) is 57.8 Å². The van der Waals surface area contributed by atoms with E-state index in [9.17, 15) is 9.59 Å². The second-order valence-electron chi connectivity index (χ2n) is 8.23. The molecule has 2 aliphatic rings. The molecule has 0 N–H and O–H groups in total. The molecule has 0 radical (unpaired) electrons. The van der Waals surface area contributed by atoms with Gasteiger partial charge in [0.1, 0.15) is 0 Å². The van der Waals surface area contributed by atoms with Gasteiger partial charge < -0.3 is 19.4 Å². The van der Waals surface area contributed by atoms with E-state index in [1.165, 1.54) is 0 Å². The molecule has 0 atom stereocenters. The number of morpholine rings is 1. The third kappa shape index (κ3) is 6.43. The Bertz CT molecular complexity index is 446. The van der Waals surface area contributed by atoms with Gasteiger partial charge in [0.05, 0.1) is 19.8 Å². The van der Waals surface area contributed by atoms with E-state index < -0.39 is 0 Å². The number of amides is 3. The molecule has 2 fully saturated rings. The summed E-state index contributed by atoms with van der Waals surface area (Å²) in [5.41, 5.74) is 0. The molecule has 26 heavy (non-hydrogen) atoms. The zero-order valence-corrected chi connectivity index (χ0v) is 16.9. The number of carbonyl (C=O) groups excluding carboxylic acids is 2. The Hall–Kier alpha value is -1.34. The average molecular weight is 369 g/mol. The van der Waals surface area contributed by atoms with Gasteiger partial charge in [-0.2, -0.15) is 0 Å². The number of carbonyl (C=O) groups is 2. The number of hydrogen-bond donors (Lipinski definition) is 0. The number of urea groups is 1. The highest BCUT2D eigenvalue weighted by Crippen LogP contribution is 2.10. The van der Waals surface area contributed by atoms with E-state index in [4.69, 9.17) is 4.74 Å². The van der Waals surface area contributed by atoms with E-state index in [0.717, 1.165) is 26.2 Å². The van der Waals surface area contributed by atoms with Gasteiger partial charge in [-0.15, -0.1) is 0 Å². The minimum absolute atomic E-state index is 0.112. The largest absolute Gasteiger partial charge is 0.378 e. The van der Waals surface area contributed by atoms with Crippen LogP contribution in [0.1, 0.15) is 27.7 Å². The summed E-state index contributed by atoms with van der Waals surface area (Å²) in [6, 6.07) is 0.112. The summed E-state index contributed by atoms with van der Waals surface area (Å²) in [5, 5.41) is 0. The first-order chi connectivity index (χ1) is 12.4. The standard InChI is InChI=1S/C19H36N4O3/c1-16(2)13-23(14-17(3)4)18(24)15-20-5-7-21(8-6-20)19(25)22-9-11-26-12-10-22/h16-17H,5-15H2,1-4H3. The minimum atomic E-state index is 0.112. The highest BCUT2D eigenvalue weighted by atomic mass is 16.5. The first-order valence-electron chi connectivity index (χ1n) is 9.98. The summed E-state index contributed by atoms with van der Waals surface area (Å²) in [6.07, 6.45) is 0. The first kappa shape index (κ1) is 21.0. The molecule has 2 heterocycles. The fourth-order valence-electron chi connectivity index (χ4n) is 3.50. The maximum absolute atomic E-state index is 12.7. The normalized spacial score (nSPS) is 19.3. The molecule has 0 unspecified atom stereocenters. The van der Waals surface area contributed by atoms with Crippen LogP contribution in [0.25, 0.3) is 0 Å². The lowest BCUT2D eigenvalue weighted by Crippen LogP contribution is -2.56. The summed E-state index contributed by atoms with van der Waals surface area (Å²) in [5.74, 6) is 1.15. The second kappa shape index (κ2) is 10.1. The van der Waals surface area contributed by atoms with Gasteiger partial charge in [0.25, 0.3) is 0 Å². The third-order valence-electron chi connectivity index (χ3n) is 4.81. The van der Waals surface area contributed by atoms with Crippen molar-refractivity contribution in [2.24, 2.45) is 11.8 Å². The van der Waals surface area contributed by atoms with Gasteiger partial charge in [0.15, 0.2) is 0 Å². The summed E-state index contributed by atoms with van der Waals surface area (Å²) >= 11 is 0. The molecule has 7 heteroatoms. The van der Waals surface area contributed by atoms with Gasteiger partial charge in [-0.1, -0.05) is 27.7 Å². The zero-order chi connectivity index (χ0) is 19.1. The van der Waals surface area contributed by atoms with Crippen LogP contribution in [0.4, 0.5) is 4.79 Å². The summed E-state index contributed by atoms with van der Waals surface area (Å²) < 4.78 is 5.31. The lowest BCUT2D eigenvalue weighted by molar-refractivity contribution is -0.133. The molecule has 0 aromatic carbocycles. The molecular weight excluding hydrogens is 332 g/mol. The second-order valence-corrected chi connectivity index (χ2v) is 8.23. The highest BCUT2D eigenvalue weighted by Gasteiger charge is 2.28. The number of hydrogen-bond acceptors (Lipinski definition) is 4. The summed E-state index contributed by atoms with van der Waals surface area (Å²) in [4.78, 5) is 33.2. The number of rotatable bonds is 6. The third-order valence-corrected chi connectivity index (χ3v) is 4.81. The molecule has 2 saturated heterocycles. The number of ether oxygens (including phenoxy) is 1. The Kier molecular flexibility index (Phi) is 8.15. The van der Waals surface area contributed by atoms with Gasteiger partial charge >= 0.3 is 6.03 Å². The van der Waals surface area contributed by atoms with Crippen molar-refractivity contribution in [1.29, 1.82) is 0 Å². The molecule has 7 nitrogen and oxygen atoms in total. The van der Waals surface area contributed by atoms with Gasteiger partial charge in [0.2, 0.25) is 5.91 Å². The predicted molar refractivity (Wildman–Crippen MR) is 102 cm³/mol. The molecule has 0 bridgehead atoms. The van der Waals surface area contributed by atoms with Crippen molar-refractivity contribution in [3.8, 4) is 0 Å². The van der Waals surface area contributed by atoms with Crippen LogP contribution in [-0.4, -0.2) is 104 Å². The maximum atomic E-state index is 12.7. The number of nitrogens with zero attached hydrogens (tertiary/aromatic N) is 4. The Labute approximate surface area is 158 Å². The van der Waals surface area contributed by atoms with Crippen molar-refractivity contribution < 1.29 is 14.3 Å². The van der Waals surface area contributed by atoms with Crippen LogP contribution in [0.3, 0.4) is 0 Å². The lowest BCUT2D eigenvalue weighted by Gasteiger charge is -2.39. The van der Waals surface area contributed by atoms with Crippen LogP contribution >= 0.6 is 0 Å². The average Bonchev–Trinajstić information content (AvgIpc) is 2.61. The Morgan fingerprint density at radius 2 is 1.35 bits per heavy atom. The van der Waals surface area contributed by atoms with Gasteiger partial charge in [-0.25, -0.2) is 4.79 Å². The van der Waals surface area contributed by atoms with Crippen molar-refractivity contribution in [2.75, 3.05) is 72.1 Å². The Balaban J connectivity index is 1.79. The van der Waals surface area contributed by atoms with Crippen molar-refractivity contribution >= 4 is 11.9 Å². The molecule has 0 aliphatic carbocycles. The van der Waals surface area contributed by atoms with E-state index in [1.807, 2.05) is 14.7 Å². The smallest absolute Gasteiger partial charge is 0.320 e. The van der Waals surface area contributed by atoms with Crippen LogP contribution in [0.15, 0.2) is 0 Å². The van der Waals surface area contributed by atoms with Crippen molar-refractivity contribution in [3.63, 3.8) is 0 Å². The Morgan fingerprint density at radius 1 is 0.846 bits per heavy atom. The van der Waals surface area contributed by atoms with Crippen molar-refractivity contribution in [1.82, 2.24) is 19.6 Å². The first-order valence-corrected chi connectivity index (χ1v) is 9.98. The fourth-order valence-corrected chi connectivity index (χ4v) is 3.50. The van der Waals surface area contributed by atoms with E-state index in [-0.39, 0.29) is 11.9 Å². The molecule has 2 rings (SSSR count). The monoisotopic (exact) mass is 368 g/mol.